The molecule has 1 aromatic carbocycles. The number of rotatable bonds is 3. The molecule has 4 heteroatoms. The van der Waals surface area contributed by atoms with Crippen LogP contribution in [0.2, 0.25) is 0 Å². The van der Waals surface area contributed by atoms with Crippen molar-refractivity contribution in [1.82, 2.24) is 4.57 Å². The maximum absolute atomic E-state index is 11.3. The van der Waals surface area contributed by atoms with E-state index in [1.54, 1.807) is 42.6 Å². The minimum absolute atomic E-state index is 0.334. The van der Waals surface area contributed by atoms with Crippen LogP contribution in [0.4, 0.5) is 0 Å². The number of carbonyl (C=O) groups is 1. The standard InChI is InChI=1S/C13H10N2O2/c14-9-11-7-4-8-15(11)12(13(16)17)10-5-2-1-3-6-10/h1-8,12H,(H,16,17). The van der Waals surface area contributed by atoms with E-state index >= 15 is 0 Å². The van der Waals surface area contributed by atoms with Gasteiger partial charge in [0.2, 0.25) is 0 Å². The van der Waals surface area contributed by atoms with Gasteiger partial charge >= 0.3 is 5.97 Å². The highest BCUT2D eigenvalue weighted by Gasteiger charge is 2.22. The van der Waals surface area contributed by atoms with Gasteiger partial charge in [-0.3, -0.25) is 0 Å². The number of nitriles is 1. The zero-order valence-electron chi connectivity index (χ0n) is 8.95. The van der Waals surface area contributed by atoms with Crippen LogP contribution in [-0.2, 0) is 4.79 Å². The van der Waals surface area contributed by atoms with Crippen molar-refractivity contribution in [1.29, 1.82) is 5.26 Å². The quantitative estimate of drug-likeness (QED) is 0.870. The molecule has 0 bridgehead atoms. The van der Waals surface area contributed by atoms with Gasteiger partial charge in [0.1, 0.15) is 11.8 Å². The maximum atomic E-state index is 11.3. The average Bonchev–Trinajstić information content (AvgIpc) is 2.78. The van der Waals surface area contributed by atoms with Gasteiger partial charge in [-0.05, 0) is 17.7 Å². The van der Waals surface area contributed by atoms with Crippen LogP contribution in [0.25, 0.3) is 0 Å². The summed E-state index contributed by atoms with van der Waals surface area (Å²) < 4.78 is 1.46. The first-order valence-corrected chi connectivity index (χ1v) is 5.08. The lowest BCUT2D eigenvalue weighted by Crippen LogP contribution is -2.20. The number of nitrogens with zero attached hydrogens (tertiary/aromatic N) is 2. The Hall–Kier alpha value is -2.54. The summed E-state index contributed by atoms with van der Waals surface area (Å²) in [5.41, 5.74) is 0.981. The van der Waals surface area contributed by atoms with Gasteiger partial charge in [-0.1, -0.05) is 30.3 Å². The number of carboxylic acid groups (broad SMARTS) is 1. The van der Waals surface area contributed by atoms with Gasteiger partial charge in [0.25, 0.3) is 0 Å². The first-order chi connectivity index (χ1) is 8.24. The van der Waals surface area contributed by atoms with E-state index in [4.69, 9.17) is 5.26 Å². The van der Waals surface area contributed by atoms with Crippen molar-refractivity contribution < 1.29 is 9.90 Å². The Kier molecular flexibility index (Phi) is 2.93. The lowest BCUT2D eigenvalue weighted by molar-refractivity contribution is -0.139. The van der Waals surface area contributed by atoms with Gasteiger partial charge < -0.3 is 9.67 Å². The van der Waals surface area contributed by atoms with Crippen LogP contribution in [-0.4, -0.2) is 15.6 Å². The molecule has 1 atom stereocenters. The third kappa shape index (κ3) is 2.04. The van der Waals surface area contributed by atoms with Gasteiger partial charge in [0, 0.05) is 6.20 Å². The van der Waals surface area contributed by atoms with Gasteiger partial charge in [-0.2, -0.15) is 5.26 Å². The Bertz CT molecular complexity index is 567. The molecule has 1 aromatic heterocycles. The number of benzene rings is 1. The molecule has 0 aliphatic heterocycles. The second-order valence-electron chi connectivity index (χ2n) is 3.56. The third-order valence-corrected chi connectivity index (χ3v) is 2.52. The number of aliphatic carboxylic acids is 1. The predicted molar refractivity (Wildman–Crippen MR) is 61.4 cm³/mol. The molecular weight excluding hydrogens is 216 g/mol. The molecule has 0 saturated heterocycles. The van der Waals surface area contributed by atoms with Crippen molar-refractivity contribution in [2.75, 3.05) is 0 Å². The molecular formula is C13H10N2O2. The second-order valence-corrected chi connectivity index (χ2v) is 3.56. The molecule has 2 aromatic rings. The van der Waals surface area contributed by atoms with E-state index in [1.807, 2.05) is 12.1 Å². The van der Waals surface area contributed by atoms with Crippen LogP contribution in [0, 0.1) is 11.3 Å². The summed E-state index contributed by atoms with van der Waals surface area (Å²) in [6, 6.07) is 13.2. The Morgan fingerprint density at radius 3 is 2.53 bits per heavy atom. The highest BCUT2D eigenvalue weighted by atomic mass is 16.4. The maximum Gasteiger partial charge on any atom is 0.331 e. The van der Waals surface area contributed by atoms with Gasteiger partial charge in [0.05, 0.1) is 0 Å². The van der Waals surface area contributed by atoms with Crippen molar-refractivity contribution in [2.24, 2.45) is 0 Å². The van der Waals surface area contributed by atoms with E-state index in [0.29, 0.717) is 11.3 Å². The van der Waals surface area contributed by atoms with Crippen molar-refractivity contribution in [3.05, 3.63) is 59.9 Å². The Labute approximate surface area is 98.4 Å². The lowest BCUT2D eigenvalue weighted by atomic mass is 10.1. The van der Waals surface area contributed by atoms with E-state index in [9.17, 15) is 9.90 Å². The summed E-state index contributed by atoms with van der Waals surface area (Å²) in [6.45, 7) is 0. The van der Waals surface area contributed by atoms with E-state index in [2.05, 4.69) is 0 Å². The molecule has 0 fully saturated rings. The number of aromatic nitrogens is 1. The molecule has 0 spiro atoms. The number of hydrogen-bond acceptors (Lipinski definition) is 2. The monoisotopic (exact) mass is 226 g/mol. The summed E-state index contributed by atoms with van der Waals surface area (Å²) in [7, 11) is 0. The fraction of sp³-hybridized carbons (Fsp3) is 0.0769. The van der Waals surface area contributed by atoms with Gasteiger partial charge in [-0.25, -0.2) is 4.79 Å². The Morgan fingerprint density at radius 1 is 1.24 bits per heavy atom. The molecule has 0 aliphatic carbocycles. The Morgan fingerprint density at radius 2 is 1.94 bits per heavy atom. The molecule has 84 valence electrons. The highest BCUT2D eigenvalue weighted by molar-refractivity contribution is 5.76. The summed E-state index contributed by atoms with van der Waals surface area (Å²) in [4.78, 5) is 11.3. The SMILES string of the molecule is N#Cc1cccn1C(C(=O)O)c1ccccc1. The molecule has 17 heavy (non-hydrogen) atoms. The normalized spacial score (nSPS) is 11.7. The highest BCUT2D eigenvalue weighted by Crippen LogP contribution is 2.20. The fourth-order valence-corrected chi connectivity index (χ4v) is 1.77. The van der Waals surface area contributed by atoms with Crippen molar-refractivity contribution in [3.8, 4) is 6.07 Å². The van der Waals surface area contributed by atoms with Crippen LogP contribution in [0.1, 0.15) is 17.3 Å². The van der Waals surface area contributed by atoms with Crippen LogP contribution < -0.4 is 0 Å². The number of carboxylic acids is 1. The zero-order valence-corrected chi connectivity index (χ0v) is 8.95. The van der Waals surface area contributed by atoms with Crippen molar-refractivity contribution in [2.45, 2.75) is 6.04 Å². The summed E-state index contributed by atoms with van der Waals surface area (Å²) in [5.74, 6) is -0.982. The second kappa shape index (κ2) is 4.54. The van der Waals surface area contributed by atoms with Gasteiger partial charge in [-0.15, -0.1) is 0 Å². The predicted octanol–water partition coefficient (Wildman–Crippen LogP) is 2.03. The third-order valence-electron chi connectivity index (χ3n) is 2.52. The molecule has 0 amide bonds. The summed E-state index contributed by atoms with van der Waals surface area (Å²) in [6.07, 6.45) is 1.60. The van der Waals surface area contributed by atoms with Crippen molar-refractivity contribution in [3.63, 3.8) is 0 Å². The van der Waals surface area contributed by atoms with Crippen LogP contribution in [0.3, 0.4) is 0 Å². The molecule has 1 N–H and O–H groups in total. The average molecular weight is 226 g/mol. The molecule has 4 nitrogen and oxygen atoms in total. The first-order valence-electron chi connectivity index (χ1n) is 5.08. The summed E-state index contributed by atoms with van der Waals surface area (Å²) >= 11 is 0. The smallest absolute Gasteiger partial charge is 0.331 e. The molecule has 0 saturated carbocycles. The molecule has 1 heterocycles. The molecule has 0 radical (unpaired) electrons. The van der Waals surface area contributed by atoms with E-state index in [0.717, 1.165) is 0 Å². The van der Waals surface area contributed by atoms with Crippen LogP contribution in [0.5, 0.6) is 0 Å². The van der Waals surface area contributed by atoms with Crippen LogP contribution in [0.15, 0.2) is 48.7 Å². The van der Waals surface area contributed by atoms with E-state index in [1.165, 1.54) is 4.57 Å². The topological polar surface area (TPSA) is 66.0 Å². The summed E-state index contributed by atoms with van der Waals surface area (Å²) in [5, 5.41) is 18.2. The lowest BCUT2D eigenvalue weighted by Gasteiger charge is -2.15. The van der Waals surface area contributed by atoms with E-state index < -0.39 is 12.0 Å². The zero-order chi connectivity index (χ0) is 12.3. The Balaban J connectivity index is 2.52. The molecule has 2 rings (SSSR count). The van der Waals surface area contributed by atoms with Crippen molar-refractivity contribution >= 4 is 5.97 Å². The number of hydrogen-bond donors (Lipinski definition) is 1. The molecule has 1 unspecified atom stereocenters. The largest absolute Gasteiger partial charge is 0.479 e. The first kappa shape index (κ1) is 11.0. The minimum atomic E-state index is -0.982. The van der Waals surface area contributed by atoms with Gasteiger partial charge in [0.15, 0.2) is 6.04 Å². The van der Waals surface area contributed by atoms with Crippen LogP contribution >= 0.6 is 0 Å². The minimum Gasteiger partial charge on any atom is -0.479 e. The van der Waals surface area contributed by atoms with E-state index in [-0.39, 0.29) is 0 Å². The molecule has 0 aliphatic rings. The fourth-order valence-electron chi connectivity index (χ4n) is 1.77.